The third-order valence-corrected chi connectivity index (χ3v) is 7.61. The van der Waals surface area contributed by atoms with Gasteiger partial charge in [0, 0.05) is 17.9 Å². The fraction of sp³-hybridized carbons (Fsp3) is 0.417. The molecule has 6 nitrogen and oxygen atoms in total. The van der Waals surface area contributed by atoms with E-state index in [2.05, 4.69) is 20.9 Å². The largest absolute Gasteiger partial charge is 0.460 e. The highest BCUT2D eigenvalue weighted by atomic mass is 32.2. The molecule has 0 radical (unpaired) electrons. The highest BCUT2D eigenvalue weighted by Gasteiger charge is 2.71. The fourth-order valence-corrected chi connectivity index (χ4v) is 5.79. The number of Topliss-reactive ketones (excluding diaryl/α,β-unsaturated/α-hetero) is 1. The molecule has 34 heavy (non-hydrogen) atoms. The molecule has 2 aliphatic rings. The smallest absolute Gasteiger partial charge is 0.253 e. The number of rotatable bonds is 7. The first kappa shape index (κ1) is 24.1. The van der Waals surface area contributed by atoms with Crippen LogP contribution in [0.15, 0.2) is 29.4 Å². The third kappa shape index (κ3) is 4.13. The maximum atomic E-state index is 14.9. The van der Waals surface area contributed by atoms with Crippen molar-refractivity contribution in [1.29, 1.82) is 0 Å². The fourth-order valence-electron chi connectivity index (χ4n) is 4.45. The minimum atomic E-state index is -2.61. The molecule has 0 spiro atoms. The summed E-state index contributed by atoms with van der Waals surface area (Å²) in [7, 11) is 0. The zero-order valence-corrected chi connectivity index (χ0v) is 19.6. The van der Waals surface area contributed by atoms with Crippen LogP contribution in [-0.2, 0) is 12.0 Å². The molecular formula is C24H23F3N4O2S. The maximum Gasteiger partial charge on any atom is 0.253 e. The minimum absolute atomic E-state index is 0.00444. The summed E-state index contributed by atoms with van der Waals surface area (Å²) < 4.78 is 46.5. The summed E-state index contributed by atoms with van der Waals surface area (Å²) in [6.45, 7) is 4.92. The zero-order valence-electron chi connectivity index (χ0n) is 18.8. The van der Waals surface area contributed by atoms with Gasteiger partial charge >= 0.3 is 0 Å². The van der Waals surface area contributed by atoms with Gasteiger partial charge in [0.15, 0.2) is 17.1 Å². The van der Waals surface area contributed by atoms with Crippen molar-refractivity contribution in [2.75, 3.05) is 0 Å². The van der Waals surface area contributed by atoms with Crippen LogP contribution < -0.4 is 10.5 Å². The van der Waals surface area contributed by atoms with Gasteiger partial charge in [-0.2, -0.15) is 0 Å². The Balaban J connectivity index is 1.60. The number of alkyl halides is 2. The summed E-state index contributed by atoms with van der Waals surface area (Å²) >= 11 is 0.858. The second-order valence-corrected chi connectivity index (χ2v) is 10.1. The number of aliphatic imine (C=N–C) groups is 1. The average Bonchev–Trinajstić information content (AvgIpc) is 3.52. The van der Waals surface area contributed by atoms with Gasteiger partial charge in [-0.25, -0.2) is 23.1 Å². The van der Waals surface area contributed by atoms with Gasteiger partial charge < -0.3 is 10.5 Å². The number of halogens is 3. The first-order valence-electron chi connectivity index (χ1n) is 10.6. The van der Waals surface area contributed by atoms with E-state index in [0.29, 0.717) is 11.3 Å². The number of hydrogen-bond donors (Lipinski definition) is 1. The van der Waals surface area contributed by atoms with E-state index in [4.69, 9.17) is 16.9 Å². The number of aromatic nitrogens is 2. The van der Waals surface area contributed by atoms with Gasteiger partial charge in [0.05, 0.1) is 22.2 Å². The normalized spacial score (nSPS) is 26.3. The standard InChI is InChI=1S/C24H23F3N4O2S/c1-5-12(2)33-19-11-29-20(13(3)30-19)17(32)9-14-6-7-16(25)15(8-14)23(4)18-10-24(18,21(26)27)34-22(28)31-23/h1,6-8,11-12,18,21H,9-10H2,2-4H3,(H2,28,31)/t12-,18-,23+,24-/m0/s1. The van der Waals surface area contributed by atoms with Crippen LogP contribution in [0.5, 0.6) is 5.88 Å². The molecule has 4 rings (SSSR count). The molecule has 2 aromatic rings. The number of aryl methyl sites for hydroxylation is 1. The van der Waals surface area contributed by atoms with Crippen LogP contribution >= 0.6 is 11.8 Å². The molecule has 2 heterocycles. The van der Waals surface area contributed by atoms with Crippen LogP contribution in [0.3, 0.4) is 0 Å². The number of ether oxygens (including phenoxy) is 1. The number of fused-ring (bicyclic) bond motifs is 1. The van der Waals surface area contributed by atoms with E-state index in [0.717, 1.165) is 11.8 Å². The summed E-state index contributed by atoms with van der Waals surface area (Å²) in [6.07, 6.45) is 3.60. The molecule has 4 atom stereocenters. The van der Waals surface area contributed by atoms with Gasteiger partial charge in [0.2, 0.25) is 5.88 Å². The Morgan fingerprint density at radius 2 is 2.18 bits per heavy atom. The lowest BCUT2D eigenvalue weighted by molar-refractivity contribution is 0.0986. The van der Waals surface area contributed by atoms with Crippen molar-refractivity contribution in [3.05, 3.63) is 52.7 Å². The Morgan fingerprint density at radius 3 is 2.82 bits per heavy atom. The second-order valence-electron chi connectivity index (χ2n) is 8.70. The van der Waals surface area contributed by atoms with E-state index in [1.54, 1.807) is 20.8 Å². The molecule has 0 saturated heterocycles. The van der Waals surface area contributed by atoms with Gasteiger partial charge in [-0.1, -0.05) is 23.7 Å². The summed E-state index contributed by atoms with van der Waals surface area (Å²) in [5, 5.41) is 0.00444. The lowest BCUT2D eigenvalue weighted by Gasteiger charge is -2.34. The number of nitrogens with zero attached hydrogens (tertiary/aromatic N) is 3. The van der Waals surface area contributed by atoms with E-state index in [1.807, 2.05) is 0 Å². The maximum absolute atomic E-state index is 14.9. The van der Waals surface area contributed by atoms with Crippen LogP contribution in [0.2, 0.25) is 0 Å². The molecular weight excluding hydrogens is 465 g/mol. The van der Waals surface area contributed by atoms with Crippen molar-refractivity contribution in [1.82, 2.24) is 9.97 Å². The van der Waals surface area contributed by atoms with E-state index < -0.39 is 34.6 Å². The van der Waals surface area contributed by atoms with E-state index >= 15 is 0 Å². The van der Waals surface area contributed by atoms with Crippen LogP contribution in [0, 0.1) is 31.0 Å². The summed E-state index contributed by atoms with van der Waals surface area (Å²) in [6, 6.07) is 4.20. The highest BCUT2D eigenvalue weighted by Crippen LogP contribution is 2.68. The number of thioether (sulfide) groups is 1. The van der Waals surface area contributed by atoms with Crippen LogP contribution in [0.1, 0.15) is 47.6 Å². The van der Waals surface area contributed by atoms with E-state index in [9.17, 15) is 18.0 Å². The van der Waals surface area contributed by atoms with Crippen molar-refractivity contribution >= 4 is 22.7 Å². The molecule has 1 aromatic heterocycles. The van der Waals surface area contributed by atoms with E-state index in [-0.39, 0.29) is 40.9 Å². The summed E-state index contributed by atoms with van der Waals surface area (Å²) in [4.78, 5) is 25.7. The van der Waals surface area contributed by atoms with Crippen molar-refractivity contribution in [2.24, 2.45) is 16.6 Å². The molecule has 1 saturated carbocycles. The van der Waals surface area contributed by atoms with Crippen LogP contribution in [0.25, 0.3) is 0 Å². The number of ketones is 1. The van der Waals surface area contributed by atoms with Crippen molar-refractivity contribution < 1.29 is 22.7 Å². The molecule has 0 amide bonds. The quantitative estimate of drug-likeness (QED) is 0.467. The summed E-state index contributed by atoms with van der Waals surface area (Å²) in [5.41, 5.74) is 5.77. The Hall–Kier alpha value is -3.06. The van der Waals surface area contributed by atoms with Crippen molar-refractivity contribution in [3.8, 4) is 18.2 Å². The minimum Gasteiger partial charge on any atom is -0.460 e. The molecule has 1 aliphatic heterocycles. The molecule has 178 valence electrons. The average molecular weight is 489 g/mol. The lowest BCUT2D eigenvalue weighted by Crippen LogP contribution is -2.39. The molecule has 1 aromatic carbocycles. The number of nitrogens with two attached hydrogens (primary N) is 1. The van der Waals surface area contributed by atoms with Crippen molar-refractivity contribution in [3.63, 3.8) is 0 Å². The van der Waals surface area contributed by atoms with Gasteiger partial charge in [0.25, 0.3) is 6.43 Å². The van der Waals surface area contributed by atoms with Gasteiger partial charge in [-0.3, -0.25) is 9.79 Å². The monoisotopic (exact) mass is 488 g/mol. The SMILES string of the molecule is C#C[C@H](C)Oc1cnc(C(=O)Cc2ccc(F)c([C@@]3(C)N=C(N)S[C@@]4(C(F)F)C[C@@H]34)c2)c(C)n1. The van der Waals surface area contributed by atoms with Gasteiger partial charge in [0.1, 0.15) is 11.5 Å². The Labute approximate surface area is 199 Å². The summed E-state index contributed by atoms with van der Waals surface area (Å²) in [5.74, 6) is 1.13. The molecule has 10 heteroatoms. The Morgan fingerprint density at radius 1 is 1.44 bits per heavy atom. The number of benzene rings is 1. The van der Waals surface area contributed by atoms with Crippen LogP contribution in [-0.4, -0.2) is 38.2 Å². The predicted octanol–water partition coefficient (Wildman–Crippen LogP) is 4.05. The number of terminal acetylenes is 1. The highest BCUT2D eigenvalue weighted by molar-refractivity contribution is 8.15. The molecule has 0 unspecified atom stereocenters. The Kier molecular flexibility index (Phi) is 6.10. The first-order valence-corrected chi connectivity index (χ1v) is 11.4. The molecule has 0 bridgehead atoms. The lowest BCUT2D eigenvalue weighted by atomic mass is 9.84. The Bertz CT molecular complexity index is 1230. The molecule has 1 aliphatic carbocycles. The zero-order chi connectivity index (χ0) is 24.8. The van der Waals surface area contributed by atoms with Gasteiger partial charge in [-0.15, -0.1) is 6.42 Å². The topological polar surface area (TPSA) is 90.5 Å². The van der Waals surface area contributed by atoms with Crippen molar-refractivity contribution in [2.45, 2.75) is 56.4 Å². The number of amidine groups is 1. The molecule has 2 N–H and O–H groups in total. The second kappa shape index (κ2) is 8.62. The number of hydrogen-bond acceptors (Lipinski definition) is 7. The first-order chi connectivity index (χ1) is 16.0. The predicted molar refractivity (Wildman–Crippen MR) is 124 cm³/mol. The van der Waals surface area contributed by atoms with E-state index in [1.165, 1.54) is 24.4 Å². The van der Waals surface area contributed by atoms with Crippen LogP contribution in [0.4, 0.5) is 13.2 Å². The molecule has 1 fully saturated rings. The number of carbonyl (C=O) groups is 1. The third-order valence-electron chi connectivity index (χ3n) is 6.30. The number of carbonyl (C=O) groups excluding carboxylic acids is 1. The van der Waals surface area contributed by atoms with Gasteiger partial charge in [-0.05, 0) is 44.9 Å².